The van der Waals surface area contributed by atoms with Gasteiger partial charge in [0, 0.05) is 10.9 Å². The van der Waals surface area contributed by atoms with E-state index in [1.807, 2.05) is 6.07 Å². The van der Waals surface area contributed by atoms with Gasteiger partial charge in [0.05, 0.1) is 18.8 Å². The summed E-state index contributed by atoms with van der Waals surface area (Å²) in [6.45, 7) is 9.76. The predicted molar refractivity (Wildman–Crippen MR) is 93.0 cm³/mol. The van der Waals surface area contributed by atoms with Crippen LogP contribution in [0.25, 0.3) is 11.0 Å². The molecule has 0 unspecified atom stereocenters. The Morgan fingerprint density at radius 3 is 2.54 bits per heavy atom. The Bertz CT molecular complexity index is 743. The van der Waals surface area contributed by atoms with E-state index < -0.39 is 5.97 Å². The highest BCUT2D eigenvalue weighted by molar-refractivity contribution is 5.89. The summed E-state index contributed by atoms with van der Waals surface area (Å²) < 4.78 is 10.6. The van der Waals surface area contributed by atoms with Gasteiger partial charge in [0.25, 0.3) is 0 Å². The van der Waals surface area contributed by atoms with E-state index in [0.29, 0.717) is 5.92 Å². The predicted octanol–water partition coefficient (Wildman–Crippen LogP) is 3.47. The van der Waals surface area contributed by atoms with Crippen LogP contribution in [0, 0.1) is 6.92 Å². The zero-order valence-corrected chi connectivity index (χ0v) is 14.9. The topological polar surface area (TPSA) is 68.5 Å². The van der Waals surface area contributed by atoms with Gasteiger partial charge < -0.3 is 14.5 Å². The van der Waals surface area contributed by atoms with Gasteiger partial charge in [0.2, 0.25) is 5.91 Å². The summed E-state index contributed by atoms with van der Waals surface area (Å²) in [4.78, 5) is 23.5. The second-order valence-corrected chi connectivity index (χ2v) is 6.61. The molecule has 1 amide bonds. The van der Waals surface area contributed by atoms with Crippen molar-refractivity contribution in [3.05, 3.63) is 35.1 Å². The third-order valence-electron chi connectivity index (χ3n) is 3.81. The van der Waals surface area contributed by atoms with Crippen LogP contribution in [-0.4, -0.2) is 24.5 Å². The SMILES string of the molecule is Cc1cc2occ(CC(=O)NCC(=O)OC(C)C)c2cc1C(C)C. The first kappa shape index (κ1) is 18.0. The van der Waals surface area contributed by atoms with E-state index in [1.165, 1.54) is 11.1 Å². The fourth-order valence-electron chi connectivity index (χ4n) is 2.71. The maximum absolute atomic E-state index is 12.1. The van der Waals surface area contributed by atoms with Crippen molar-refractivity contribution in [2.45, 2.75) is 53.1 Å². The van der Waals surface area contributed by atoms with Gasteiger partial charge >= 0.3 is 5.97 Å². The van der Waals surface area contributed by atoms with Crippen molar-refractivity contribution in [2.75, 3.05) is 6.54 Å². The Balaban J connectivity index is 2.08. The van der Waals surface area contributed by atoms with Crippen molar-refractivity contribution in [3.63, 3.8) is 0 Å². The maximum atomic E-state index is 12.1. The van der Waals surface area contributed by atoms with Crippen LogP contribution in [0.5, 0.6) is 0 Å². The largest absolute Gasteiger partial charge is 0.464 e. The number of fused-ring (bicyclic) bond motifs is 1. The number of carbonyl (C=O) groups is 2. The molecule has 130 valence electrons. The number of hydrogen-bond donors (Lipinski definition) is 1. The number of carbonyl (C=O) groups excluding carboxylic acids is 2. The summed E-state index contributed by atoms with van der Waals surface area (Å²) in [7, 11) is 0. The number of benzene rings is 1. The van der Waals surface area contributed by atoms with E-state index >= 15 is 0 Å². The molecule has 1 N–H and O–H groups in total. The van der Waals surface area contributed by atoms with E-state index in [4.69, 9.17) is 9.15 Å². The van der Waals surface area contributed by atoms with Crippen LogP contribution in [0.4, 0.5) is 0 Å². The molecule has 2 rings (SSSR count). The first-order valence-electron chi connectivity index (χ1n) is 8.24. The maximum Gasteiger partial charge on any atom is 0.325 e. The number of esters is 1. The van der Waals surface area contributed by atoms with Gasteiger partial charge in [-0.15, -0.1) is 0 Å². The van der Waals surface area contributed by atoms with Crippen molar-refractivity contribution < 1.29 is 18.7 Å². The van der Waals surface area contributed by atoms with Gasteiger partial charge in [-0.3, -0.25) is 9.59 Å². The Hall–Kier alpha value is -2.30. The molecular weight excluding hydrogens is 306 g/mol. The first-order valence-corrected chi connectivity index (χ1v) is 8.24. The lowest BCUT2D eigenvalue weighted by atomic mass is 9.95. The van der Waals surface area contributed by atoms with Gasteiger partial charge in [0.15, 0.2) is 0 Å². The molecule has 0 saturated heterocycles. The molecule has 1 aromatic heterocycles. The molecule has 0 fully saturated rings. The quantitative estimate of drug-likeness (QED) is 0.823. The van der Waals surface area contributed by atoms with Gasteiger partial charge in [-0.2, -0.15) is 0 Å². The minimum atomic E-state index is -0.437. The lowest BCUT2D eigenvalue weighted by Gasteiger charge is -2.10. The molecular formula is C19H25NO4. The molecule has 0 bridgehead atoms. The summed E-state index contributed by atoms with van der Waals surface area (Å²) in [6.07, 6.45) is 1.59. The first-order chi connectivity index (χ1) is 11.3. The van der Waals surface area contributed by atoms with Gasteiger partial charge in [-0.25, -0.2) is 0 Å². The van der Waals surface area contributed by atoms with Crippen molar-refractivity contribution >= 4 is 22.8 Å². The fourth-order valence-corrected chi connectivity index (χ4v) is 2.71. The highest BCUT2D eigenvalue weighted by Crippen LogP contribution is 2.29. The molecule has 0 radical (unpaired) electrons. The van der Waals surface area contributed by atoms with Crippen molar-refractivity contribution in [1.82, 2.24) is 5.32 Å². The highest BCUT2D eigenvalue weighted by Gasteiger charge is 2.15. The van der Waals surface area contributed by atoms with E-state index in [-0.39, 0.29) is 25.0 Å². The summed E-state index contributed by atoms with van der Waals surface area (Å²) in [5, 5.41) is 3.53. The number of hydrogen-bond acceptors (Lipinski definition) is 4. The zero-order valence-electron chi connectivity index (χ0n) is 14.9. The molecule has 2 aromatic rings. The Morgan fingerprint density at radius 1 is 1.21 bits per heavy atom. The molecule has 0 saturated carbocycles. The molecule has 0 aliphatic carbocycles. The molecule has 5 nitrogen and oxygen atoms in total. The van der Waals surface area contributed by atoms with Crippen LogP contribution < -0.4 is 5.32 Å². The molecule has 1 aromatic carbocycles. The van der Waals surface area contributed by atoms with Crippen molar-refractivity contribution in [3.8, 4) is 0 Å². The Morgan fingerprint density at radius 2 is 1.92 bits per heavy atom. The van der Waals surface area contributed by atoms with Crippen LogP contribution >= 0.6 is 0 Å². The van der Waals surface area contributed by atoms with E-state index in [9.17, 15) is 9.59 Å². The van der Waals surface area contributed by atoms with Crippen LogP contribution in [0.2, 0.25) is 0 Å². The van der Waals surface area contributed by atoms with Crippen LogP contribution in [0.15, 0.2) is 22.8 Å². The Labute approximate surface area is 142 Å². The number of rotatable bonds is 6. The summed E-state index contributed by atoms with van der Waals surface area (Å²) >= 11 is 0. The third-order valence-corrected chi connectivity index (χ3v) is 3.81. The molecule has 0 atom stereocenters. The average Bonchev–Trinajstić information content (AvgIpc) is 2.85. The van der Waals surface area contributed by atoms with Crippen molar-refractivity contribution in [1.29, 1.82) is 0 Å². The van der Waals surface area contributed by atoms with E-state index in [1.54, 1.807) is 20.1 Å². The molecule has 0 aliphatic heterocycles. The Kier molecular flexibility index (Phi) is 5.65. The monoisotopic (exact) mass is 331 g/mol. The van der Waals surface area contributed by atoms with Gasteiger partial charge in [0.1, 0.15) is 12.1 Å². The molecule has 0 spiro atoms. The van der Waals surface area contributed by atoms with Gasteiger partial charge in [-0.05, 0) is 49.9 Å². The summed E-state index contributed by atoms with van der Waals surface area (Å²) in [5.41, 5.74) is 4.02. The lowest BCUT2D eigenvalue weighted by molar-refractivity contribution is -0.147. The summed E-state index contributed by atoms with van der Waals surface area (Å²) in [6, 6.07) is 4.10. The fraction of sp³-hybridized carbons (Fsp3) is 0.474. The number of aryl methyl sites for hydroxylation is 1. The highest BCUT2D eigenvalue weighted by atomic mass is 16.5. The minimum absolute atomic E-state index is 0.122. The van der Waals surface area contributed by atoms with E-state index in [2.05, 4.69) is 32.2 Å². The second kappa shape index (κ2) is 7.51. The van der Waals surface area contributed by atoms with E-state index in [0.717, 1.165) is 16.5 Å². The normalized spacial score (nSPS) is 11.3. The minimum Gasteiger partial charge on any atom is -0.464 e. The van der Waals surface area contributed by atoms with Crippen LogP contribution in [-0.2, 0) is 20.7 Å². The smallest absolute Gasteiger partial charge is 0.325 e. The third kappa shape index (κ3) is 4.37. The molecule has 5 heteroatoms. The number of ether oxygens (including phenoxy) is 1. The van der Waals surface area contributed by atoms with Crippen LogP contribution in [0.3, 0.4) is 0 Å². The van der Waals surface area contributed by atoms with Gasteiger partial charge in [-0.1, -0.05) is 13.8 Å². The average molecular weight is 331 g/mol. The standard InChI is InChI=1S/C19H25NO4/c1-11(2)15-8-16-14(10-23-17(16)6-13(15)5)7-18(21)20-9-19(22)24-12(3)4/h6,8,10-12H,7,9H2,1-5H3,(H,20,21). The molecule has 0 aliphatic rings. The zero-order chi connectivity index (χ0) is 17.9. The number of amides is 1. The second-order valence-electron chi connectivity index (χ2n) is 6.61. The van der Waals surface area contributed by atoms with Crippen LogP contribution in [0.1, 0.15) is 50.3 Å². The lowest BCUT2D eigenvalue weighted by Crippen LogP contribution is -2.32. The number of nitrogens with one attached hydrogen (secondary N) is 1. The molecule has 1 heterocycles. The summed E-state index contributed by atoms with van der Waals surface area (Å²) in [5.74, 6) is -0.269. The van der Waals surface area contributed by atoms with Crippen molar-refractivity contribution in [2.24, 2.45) is 0 Å². The number of furan rings is 1. The molecule has 24 heavy (non-hydrogen) atoms.